The highest BCUT2D eigenvalue weighted by atomic mass is 16.1. The molecule has 0 spiro atoms. The lowest BCUT2D eigenvalue weighted by molar-refractivity contribution is -0.125. The molecule has 1 aromatic heterocycles. The normalized spacial score (nSPS) is 19.6. The number of H-pyrrole nitrogens is 1. The number of likely N-dealkylation sites (tertiary alicyclic amines) is 1. The van der Waals surface area contributed by atoms with Gasteiger partial charge < -0.3 is 4.98 Å². The van der Waals surface area contributed by atoms with E-state index in [1.165, 1.54) is 16.5 Å². The number of piperidine rings is 1. The van der Waals surface area contributed by atoms with Crippen molar-refractivity contribution in [3.05, 3.63) is 36.0 Å². The lowest BCUT2D eigenvalue weighted by atomic mass is 9.89. The molecule has 0 radical (unpaired) electrons. The zero-order chi connectivity index (χ0) is 14.2. The number of nitrogens with one attached hydrogen (secondary N) is 1. The van der Waals surface area contributed by atoms with Crippen molar-refractivity contribution in [1.29, 1.82) is 0 Å². The molecule has 1 aliphatic rings. The van der Waals surface area contributed by atoms with E-state index in [2.05, 4.69) is 54.2 Å². The zero-order valence-electron chi connectivity index (χ0n) is 12.3. The van der Waals surface area contributed by atoms with Gasteiger partial charge in [-0.15, -0.1) is 0 Å². The van der Waals surface area contributed by atoms with Crippen LogP contribution in [0.25, 0.3) is 10.9 Å². The fraction of sp³-hybridized carbons (Fsp3) is 0.471. The van der Waals surface area contributed by atoms with Crippen LogP contribution < -0.4 is 0 Å². The minimum absolute atomic E-state index is 0.00143. The number of para-hydroxylation sites is 1. The van der Waals surface area contributed by atoms with Crippen LogP contribution in [0.15, 0.2) is 30.5 Å². The summed E-state index contributed by atoms with van der Waals surface area (Å²) in [7, 11) is 0. The van der Waals surface area contributed by atoms with Gasteiger partial charge in [-0.2, -0.15) is 0 Å². The quantitative estimate of drug-likeness (QED) is 0.930. The number of hydrogen-bond acceptors (Lipinski definition) is 2. The van der Waals surface area contributed by atoms with Gasteiger partial charge in [-0.1, -0.05) is 18.2 Å². The largest absolute Gasteiger partial charge is 0.361 e. The number of fused-ring (bicyclic) bond motifs is 1. The van der Waals surface area contributed by atoms with Crippen LogP contribution >= 0.6 is 0 Å². The highest BCUT2D eigenvalue weighted by molar-refractivity contribution is 5.83. The fourth-order valence-corrected chi connectivity index (χ4v) is 3.25. The van der Waals surface area contributed by atoms with Gasteiger partial charge in [0.05, 0.1) is 0 Å². The maximum atomic E-state index is 11.6. The molecule has 1 aliphatic heterocycles. The number of hydrogen-bond donors (Lipinski definition) is 1. The topological polar surface area (TPSA) is 36.1 Å². The lowest BCUT2D eigenvalue weighted by Crippen LogP contribution is -2.50. The molecule has 1 aromatic carbocycles. The first kappa shape index (κ1) is 13.4. The third-order valence-electron chi connectivity index (χ3n) is 4.47. The molecule has 106 valence electrons. The van der Waals surface area contributed by atoms with Crippen molar-refractivity contribution in [2.24, 2.45) is 0 Å². The van der Waals surface area contributed by atoms with Gasteiger partial charge in [0.2, 0.25) is 0 Å². The maximum absolute atomic E-state index is 11.6. The third kappa shape index (κ3) is 2.50. The van der Waals surface area contributed by atoms with Gasteiger partial charge >= 0.3 is 0 Å². The Labute approximate surface area is 120 Å². The Balaban J connectivity index is 1.72. The number of aromatic amines is 1. The van der Waals surface area contributed by atoms with Crippen molar-refractivity contribution in [3.63, 3.8) is 0 Å². The van der Waals surface area contributed by atoms with Gasteiger partial charge in [0.25, 0.3) is 0 Å². The van der Waals surface area contributed by atoms with Crippen LogP contribution in [0, 0.1) is 0 Å². The lowest BCUT2D eigenvalue weighted by Gasteiger charge is -2.41. The Kier molecular flexibility index (Phi) is 3.38. The van der Waals surface area contributed by atoms with Crippen molar-refractivity contribution < 1.29 is 4.79 Å². The van der Waals surface area contributed by atoms with Gasteiger partial charge in [0.15, 0.2) is 0 Å². The number of nitrogens with zero attached hydrogens (tertiary/aromatic N) is 1. The van der Waals surface area contributed by atoms with E-state index in [0.29, 0.717) is 18.6 Å². The van der Waals surface area contributed by atoms with Crippen LogP contribution in [0.3, 0.4) is 0 Å². The van der Waals surface area contributed by atoms with Crippen molar-refractivity contribution in [2.75, 3.05) is 13.1 Å². The van der Waals surface area contributed by atoms with Crippen molar-refractivity contribution in [1.82, 2.24) is 9.88 Å². The second kappa shape index (κ2) is 5.06. The van der Waals surface area contributed by atoms with Gasteiger partial charge in [0, 0.05) is 48.6 Å². The molecule has 2 heterocycles. The molecule has 0 amide bonds. The molecule has 0 atom stereocenters. The number of carbonyl (C=O) groups excluding carboxylic acids is 1. The number of benzene rings is 1. The molecule has 0 bridgehead atoms. The number of ketones is 1. The van der Waals surface area contributed by atoms with Crippen molar-refractivity contribution in [3.8, 4) is 0 Å². The fourth-order valence-electron chi connectivity index (χ4n) is 3.25. The molecule has 1 fully saturated rings. The molecule has 0 aliphatic carbocycles. The molecule has 20 heavy (non-hydrogen) atoms. The van der Waals surface area contributed by atoms with Crippen LogP contribution in [0.2, 0.25) is 0 Å². The van der Waals surface area contributed by atoms with Crippen LogP contribution in [0.1, 0.15) is 32.3 Å². The standard InChI is InChI=1S/C17H22N2O/c1-17(2)11-14(20)8-10-19(17)9-7-13-12-18-16-6-4-3-5-15(13)16/h3-6,12,18H,7-11H2,1-2H3. The van der Waals surface area contributed by atoms with E-state index >= 15 is 0 Å². The highest BCUT2D eigenvalue weighted by Crippen LogP contribution is 2.26. The summed E-state index contributed by atoms with van der Waals surface area (Å²) in [6, 6.07) is 8.43. The maximum Gasteiger partial charge on any atom is 0.136 e. The summed E-state index contributed by atoms with van der Waals surface area (Å²) in [5, 5.41) is 1.32. The first-order valence-electron chi connectivity index (χ1n) is 7.38. The number of aromatic nitrogens is 1. The Bertz CT molecular complexity index is 627. The van der Waals surface area contributed by atoms with E-state index in [1.807, 2.05) is 0 Å². The number of Topliss-reactive ketones (excluding diaryl/α,β-unsaturated/α-hetero) is 1. The Morgan fingerprint density at radius 3 is 2.90 bits per heavy atom. The van der Waals surface area contributed by atoms with E-state index in [1.54, 1.807) is 0 Å². The van der Waals surface area contributed by atoms with Crippen LogP contribution in [-0.4, -0.2) is 34.3 Å². The van der Waals surface area contributed by atoms with Crippen LogP contribution in [0.4, 0.5) is 0 Å². The van der Waals surface area contributed by atoms with E-state index in [9.17, 15) is 4.79 Å². The summed E-state index contributed by atoms with van der Waals surface area (Å²) in [6.45, 7) is 6.27. The van der Waals surface area contributed by atoms with Crippen molar-refractivity contribution in [2.45, 2.75) is 38.6 Å². The van der Waals surface area contributed by atoms with Gasteiger partial charge in [-0.3, -0.25) is 9.69 Å². The Hall–Kier alpha value is -1.61. The molecule has 3 nitrogen and oxygen atoms in total. The van der Waals surface area contributed by atoms with E-state index in [0.717, 1.165) is 19.5 Å². The first-order valence-corrected chi connectivity index (χ1v) is 7.38. The predicted molar refractivity (Wildman–Crippen MR) is 81.9 cm³/mol. The molecule has 3 heteroatoms. The van der Waals surface area contributed by atoms with Gasteiger partial charge in [-0.05, 0) is 31.9 Å². The SMILES string of the molecule is CC1(C)CC(=O)CCN1CCc1c[nH]c2ccccc12. The third-order valence-corrected chi connectivity index (χ3v) is 4.47. The van der Waals surface area contributed by atoms with E-state index in [-0.39, 0.29) is 5.54 Å². The summed E-state index contributed by atoms with van der Waals surface area (Å²) in [5.41, 5.74) is 2.57. The molecule has 1 saturated heterocycles. The highest BCUT2D eigenvalue weighted by Gasteiger charge is 2.33. The van der Waals surface area contributed by atoms with E-state index < -0.39 is 0 Å². The number of carbonyl (C=O) groups is 1. The second-order valence-electron chi connectivity index (χ2n) is 6.37. The molecule has 0 unspecified atom stereocenters. The number of rotatable bonds is 3. The van der Waals surface area contributed by atoms with E-state index in [4.69, 9.17) is 0 Å². The van der Waals surface area contributed by atoms with Crippen LogP contribution in [0.5, 0.6) is 0 Å². The molecular weight excluding hydrogens is 248 g/mol. The molecule has 3 rings (SSSR count). The average molecular weight is 270 g/mol. The zero-order valence-corrected chi connectivity index (χ0v) is 12.3. The summed E-state index contributed by atoms with van der Waals surface area (Å²) < 4.78 is 0. The monoisotopic (exact) mass is 270 g/mol. The summed E-state index contributed by atoms with van der Waals surface area (Å²) in [5.74, 6) is 0.401. The summed E-state index contributed by atoms with van der Waals surface area (Å²) in [4.78, 5) is 17.4. The average Bonchev–Trinajstić information content (AvgIpc) is 2.80. The predicted octanol–water partition coefficient (Wildman–Crippen LogP) is 3.15. The van der Waals surface area contributed by atoms with Gasteiger partial charge in [-0.25, -0.2) is 0 Å². The van der Waals surface area contributed by atoms with Crippen molar-refractivity contribution >= 4 is 16.7 Å². The summed E-state index contributed by atoms with van der Waals surface area (Å²) >= 11 is 0. The molecular formula is C17H22N2O. The summed E-state index contributed by atoms with van der Waals surface area (Å²) in [6.07, 6.45) is 4.53. The Morgan fingerprint density at radius 2 is 2.10 bits per heavy atom. The first-order chi connectivity index (χ1) is 9.56. The smallest absolute Gasteiger partial charge is 0.136 e. The minimum Gasteiger partial charge on any atom is -0.361 e. The second-order valence-corrected chi connectivity index (χ2v) is 6.37. The molecule has 2 aromatic rings. The molecule has 1 N–H and O–H groups in total. The Morgan fingerprint density at radius 1 is 1.30 bits per heavy atom. The minimum atomic E-state index is 0.00143. The van der Waals surface area contributed by atoms with Crippen LogP contribution in [-0.2, 0) is 11.2 Å². The molecule has 0 saturated carbocycles. The van der Waals surface area contributed by atoms with Gasteiger partial charge in [0.1, 0.15) is 5.78 Å².